The lowest BCUT2D eigenvalue weighted by Crippen LogP contribution is -2.28. The number of hydrogen-bond donors (Lipinski definition) is 1. The van der Waals surface area contributed by atoms with Crippen molar-refractivity contribution in [2.45, 2.75) is 19.6 Å². The first-order valence-electron chi connectivity index (χ1n) is 5.71. The molecule has 3 heterocycles. The molecule has 18 heavy (non-hydrogen) atoms. The van der Waals surface area contributed by atoms with Crippen LogP contribution in [0.3, 0.4) is 0 Å². The van der Waals surface area contributed by atoms with E-state index in [9.17, 15) is 4.79 Å². The summed E-state index contributed by atoms with van der Waals surface area (Å²) < 4.78 is 1.85. The lowest BCUT2D eigenvalue weighted by atomic mass is 10.3. The third kappa shape index (κ3) is 1.92. The van der Waals surface area contributed by atoms with E-state index in [0.717, 1.165) is 11.3 Å². The van der Waals surface area contributed by atoms with Gasteiger partial charge < -0.3 is 15.2 Å². The molecule has 0 spiro atoms. The summed E-state index contributed by atoms with van der Waals surface area (Å²) in [6.45, 7) is 1.43. The van der Waals surface area contributed by atoms with Crippen LogP contribution < -0.4 is 5.73 Å². The van der Waals surface area contributed by atoms with Gasteiger partial charge in [-0.3, -0.25) is 4.79 Å². The summed E-state index contributed by atoms with van der Waals surface area (Å²) in [6, 6.07) is 3.80. The Morgan fingerprint density at radius 2 is 2.11 bits per heavy atom. The fraction of sp³-hybridized carbons (Fsp3) is 0.250. The second-order valence-electron chi connectivity index (χ2n) is 4.31. The monoisotopic (exact) mass is 243 g/mol. The van der Waals surface area contributed by atoms with Gasteiger partial charge in [-0.15, -0.1) is 0 Å². The molecule has 0 saturated heterocycles. The van der Waals surface area contributed by atoms with Gasteiger partial charge in [0.1, 0.15) is 6.54 Å². The third-order valence-corrected chi connectivity index (χ3v) is 3.01. The van der Waals surface area contributed by atoms with Crippen LogP contribution in [0, 0.1) is 0 Å². The van der Waals surface area contributed by atoms with Gasteiger partial charge >= 0.3 is 0 Å². The Balaban J connectivity index is 1.72. The number of nitrogen functional groups attached to an aromatic ring is 1. The van der Waals surface area contributed by atoms with Crippen molar-refractivity contribution in [1.29, 1.82) is 0 Å². The van der Waals surface area contributed by atoms with Gasteiger partial charge in [-0.25, -0.2) is 9.97 Å². The number of rotatable bonds is 2. The van der Waals surface area contributed by atoms with E-state index in [1.54, 1.807) is 11.1 Å². The number of nitrogens with zero attached hydrogens (tertiary/aromatic N) is 4. The maximum atomic E-state index is 12.1. The number of anilines is 1. The van der Waals surface area contributed by atoms with Gasteiger partial charge in [-0.1, -0.05) is 0 Å². The summed E-state index contributed by atoms with van der Waals surface area (Å²) in [5.41, 5.74) is 7.36. The standard InChI is InChI=1S/C12H13N5O/c13-12-14-5-9-6-17(7-10(9)15-12)11(18)8-16-3-1-2-4-16/h1-5H,6-8H2,(H2,13,14,15). The highest BCUT2D eigenvalue weighted by molar-refractivity contribution is 5.76. The zero-order valence-electron chi connectivity index (χ0n) is 9.78. The highest BCUT2D eigenvalue weighted by atomic mass is 16.2. The summed E-state index contributed by atoms with van der Waals surface area (Å²) in [5.74, 6) is 0.330. The first-order valence-corrected chi connectivity index (χ1v) is 5.71. The minimum atomic E-state index is 0.0720. The molecule has 6 nitrogen and oxygen atoms in total. The van der Waals surface area contributed by atoms with Crippen LogP contribution in [0.25, 0.3) is 0 Å². The quantitative estimate of drug-likeness (QED) is 0.828. The van der Waals surface area contributed by atoms with Crippen LogP contribution in [-0.4, -0.2) is 25.3 Å². The Bertz CT molecular complexity index is 578. The van der Waals surface area contributed by atoms with Gasteiger partial charge in [-0.2, -0.15) is 0 Å². The van der Waals surface area contributed by atoms with E-state index < -0.39 is 0 Å². The molecular weight excluding hydrogens is 230 g/mol. The molecule has 2 N–H and O–H groups in total. The predicted octanol–water partition coefficient (Wildman–Crippen LogP) is 0.403. The number of hydrogen-bond acceptors (Lipinski definition) is 4. The molecule has 0 fully saturated rings. The van der Waals surface area contributed by atoms with E-state index in [2.05, 4.69) is 9.97 Å². The smallest absolute Gasteiger partial charge is 0.243 e. The lowest BCUT2D eigenvalue weighted by molar-refractivity contribution is -0.132. The van der Waals surface area contributed by atoms with Gasteiger partial charge in [-0.05, 0) is 12.1 Å². The molecule has 3 rings (SSSR count). The van der Waals surface area contributed by atoms with Crippen LogP contribution in [0.1, 0.15) is 11.3 Å². The fourth-order valence-electron chi connectivity index (χ4n) is 2.08. The summed E-state index contributed by atoms with van der Waals surface area (Å²) in [6.07, 6.45) is 5.44. The zero-order chi connectivity index (χ0) is 12.5. The van der Waals surface area contributed by atoms with Crippen molar-refractivity contribution in [2.75, 3.05) is 5.73 Å². The van der Waals surface area contributed by atoms with Crippen molar-refractivity contribution in [1.82, 2.24) is 19.4 Å². The SMILES string of the molecule is Nc1ncc2c(n1)CN(C(=O)Cn1cccc1)C2. The lowest BCUT2D eigenvalue weighted by Gasteiger charge is -2.15. The fourth-order valence-corrected chi connectivity index (χ4v) is 2.08. The Labute approximate surface area is 104 Å². The molecule has 0 unspecified atom stereocenters. The van der Waals surface area contributed by atoms with Crippen LogP contribution in [0.4, 0.5) is 5.95 Å². The number of carbonyl (C=O) groups is 1. The van der Waals surface area contributed by atoms with Crippen molar-refractivity contribution < 1.29 is 4.79 Å². The number of amides is 1. The van der Waals surface area contributed by atoms with Crippen LogP contribution >= 0.6 is 0 Å². The highest BCUT2D eigenvalue weighted by Gasteiger charge is 2.24. The third-order valence-electron chi connectivity index (χ3n) is 3.01. The van der Waals surface area contributed by atoms with Crippen molar-refractivity contribution in [3.05, 3.63) is 42.0 Å². The Morgan fingerprint density at radius 3 is 2.89 bits per heavy atom. The van der Waals surface area contributed by atoms with Crippen LogP contribution in [0.2, 0.25) is 0 Å². The molecule has 6 heteroatoms. The molecule has 0 radical (unpaired) electrons. The Morgan fingerprint density at radius 1 is 1.33 bits per heavy atom. The summed E-state index contributed by atoms with van der Waals surface area (Å²) in [5, 5.41) is 0. The minimum absolute atomic E-state index is 0.0720. The molecule has 0 atom stereocenters. The number of aromatic nitrogens is 3. The summed E-state index contributed by atoms with van der Waals surface area (Å²) in [7, 11) is 0. The Kier molecular flexibility index (Phi) is 2.47. The topological polar surface area (TPSA) is 77.0 Å². The van der Waals surface area contributed by atoms with Gasteiger partial charge in [0.15, 0.2) is 0 Å². The van der Waals surface area contributed by atoms with Gasteiger partial charge in [0.05, 0.1) is 12.2 Å². The normalized spacial score (nSPS) is 13.7. The van der Waals surface area contributed by atoms with Crippen LogP contribution in [-0.2, 0) is 24.4 Å². The largest absolute Gasteiger partial charge is 0.368 e. The van der Waals surface area contributed by atoms with Gasteiger partial charge in [0.25, 0.3) is 0 Å². The van der Waals surface area contributed by atoms with Gasteiger partial charge in [0, 0.05) is 30.7 Å². The van der Waals surface area contributed by atoms with Gasteiger partial charge in [0.2, 0.25) is 11.9 Å². The molecule has 1 amide bonds. The van der Waals surface area contributed by atoms with E-state index in [4.69, 9.17) is 5.73 Å². The average Bonchev–Trinajstić information content (AvgIpc) is 2.96. The average molecular weight is 243 g/mol. The maximum absolute atomic E-state index is 12.1. The second-order valence-corrected chi connectivity index (χ2v) is 4.31. The van der Waals surface area contributed by atoms with Crippen molar-refractivity contribution in [2.24, 2.45) is 0 Å². The molecule has 2 aromatic rings. The first kappa shape index (κ1) is 10.8. The second kappa shape index (κ2) is 4.14. The highest BCUT2D eigenvalue weighted by Crippen LogP contribution is 2.20. The summed E-state index contributed by atoms with van der Waals surface area (Å²) in [4.78, 5) is 21.9. The number of nitrogens with two attached hydrogens (primary N) is 1. The summed E-state index contributed by atoms with van der Waals surface area (Å²) >= 11 is 0. The predicted molar refractivity (Wildman–Crippen MR) is 65.1 cm³/mol. The molecular formula is C12H13N5O. The molecule has 0 saturated carbocycles. The molecule has 92 valence electrons. The van der Waals surface area contributed by atoms with E-state index in [1.807, 2.05) is 29.1 Å². The Hall–Kier alpha value is -2.37. The first-order chi connectivity index (χ1) is 8.72. The molecule has 0 bridgehead atoms. The van der Waals surface area contributed by atoms with E-state index >= 15 is 0 Å². The van der Waals surface area contributed by atoms with E-state index in [1.165, 1.54) is 0 Å². The van der Waals surface area contributed by atoms with Crippen molar-refractivity contribution >= 4 is 11.9 Å². The maximum Gasteiger partial charge on any atom is 0.243 e. The number of carbonyl (C=O) groups excluding carboxylic acids is 1. The van der Waals surface area contributed by atoms with Crippen molar-refractivity contribution in [3.8, 4) is 0 Å². The van der Waals surface area contributed by atoms with E-state index in [-0.39, 0.29) is 11.9 Å². The molecule has 0 aliphatic carbocycles. The van der Waals surface area contributed by atoms with E-state index in [0.29, 0.717) is 19.6 Å². The van der Waals surface area contributed by atoms with Crippen LogP contribution in [0.5, 0.6) is 0 Å². The zero-order valence-corrected chi connectivity index (χ0v) is 9.78. The molecule has 1 aliphatic rings. The van der Waals surface area contributed by atoms with Crippen LogP contribution in [0.15, 0.2) is 30.7 Å². The van der Waals surface area contributed by atoms with Crippen molar-refractivity contribution in [3.63, 3.8) is 0 Å². The minimum Gasteiger partial charge on any atom is -0.368 e. The molecule has 0 aromatic carbocycles. The number of fused-ring (bicyclic) bond motifs is 1. The molecule has 1 aliphatic heterocycles. The molecule has 2 aromatic heterocycles.